The monoisotopic (exact) mass is 256 g/mol. The lowest BCUT2D eigenvalue weighted by molar-refractivity contribution is 0.211. The summed E-state index contributed by atoms with van der Waals surface area (Å²) >= 11 is 0. The molecule has 3 aromatic rings. The number of tetrazole rings is 1. The van der Waals surface area contributed by atoms with Gasteiger partial charge in [0.15, 0.2) is 0 Å². The molecule has 2 heterocycles. The van der Waals surface area contributed by atoms with Gasteiger partial charge in [0, 0.05) is 25.0 Å². The average Bonchev–Trinajstić information content (AvgIpc) is 3.03. The maximum Gasteiger partial charge on any atom is 0.362 e. The van der Waals surface area contributed by atoms with E-state index in [-0.39, 0.29) is 6.03 Å². The van der Waals surface area contributed by atoms with Crippen LogP contribution in [0.3, 0.4) is 0 Å². The largest absolute Gasteiger partial charge is 0.362 e. The van der Waals surface area contributed by atoms with E-state index in [0.29, 0.717) is 5.82 Å². The zero-order chi connectivity index (χ0) is 13.4. The molecule has 0 saturated carbocycles. The number of aromatic amines is 1. The fraction of sp³-hybridized carbons (Fsp3) is 0.167. The Kier molecular flexibility index (Phi) is 2.52. The van der Waals surface area contributed by atoms with E-state index in [2.05, 4.69) is 20.4 Å². The molecule has 0 fully saturated rings. The molecule has 0 aliphatic carbocycles. The number of fused-ring (bicyclic) bond motifs is 1. The molecule has 19 heavy (non-hydrogen) atoms. The predicted molar refractivity (Wildman–Crippen MR) is 69.6 cm³/mol. The minimum absolute atomic E-state index is 0.338. The van der Waals surface area contributed by atoms with Crippen LogP contribution >= 0.6 is 0 Å². The van der Waals surface area contributed by atoms with Crippen molar-refractivity contribution in [2.45, 2.75) is 0 Å². The molecule has 0 bridgehead atoms. The summed E-state index contributed by atoms with van der Waals surface area (Å²) in [6.45, 7) is 0. The maximum atomic E-state index is 11.7. The van der Waals surface area contributed by atoms with E-state index in [0.717, 1.165) is 21.4 Å². The van der Waals surface area contributed by atoms with Crippen LogP contribution in [0.5, 0.6) is 0 Å². The molecule has 1 N–H and O–H groups in total. The van der Waals surface area contributed by atoms with E-state index >= 15 is 0 Å². The van der Waals surface area contributed by atoms with Gasteiger partial charge in [-0.2, -0.15) is 0 Å². The van der Waals surface area contributed by atoms with Gasteiger partial charge in [0.25, 0.3) is 0 Å². The van der Waals surface area contributed by atoms with Crippen LogP contribution in [0, 0.1) is 0 Å². The Morgan fingerprint density at radius 2 is 2.11 bits per heavy atom. The van der Waals surface area contributed by atoms with E-state index in [1.807, 2.05) is 30.3 Å². The van der Waals surface area contributed by atoms with E-state index in [4.69, 9.17) is 0 Å². The van der Waals surface area contributed by atoms with Gasteiger partial charge in [-0.05, 0) is 17.3 Å². The van der Waals surface area contributed by atoms with Crippen LogP contribution < -0.4 is 0 Å². The summed E-state index contributed by atoms with van der Waals surface area (Å²) in [5.41, 5.74) is 1.73. The number of nitrogens with one attached hydrogen (secondary N) is 1. The molecule has 7 heteroatoms. The SMILES string of the molecule is CN(C)C(=O)n1nnc(-c2cc3ccccc3[nH]2)n1. The Balaban J connectivity index is 2.00. The van der Waals surface area contributed by atoms with Gasteiger partial charge in [-0.3, -0.25) is 0 Å². The lowest BCUT2D eigenvalue weighted by atomic mass is 10.2. The van der Waals surface area contributed by atoms with Crippen molar-refractivity contribution in [3.8, 4) is 11.5 Å². The molecule has 0 radical (unpaired) electrons. The lowest BCUT2D eigenvalue weighted by Gasteiger charge is -2.06. The Morgan fingerprint density at radius 3 is 2.84 bits per heavy atom. The number of rotatable bonds is 1. The van der Waals surface area contributed by atoms with Gasteiger partial charge in [-0.25, -0.2) is 4.79 Å². The van der Waals surface area contributed by atoms with Crippen LogP contribution in [0.2, 0.25) is 0 Å². The number of carbonyl (C=O) groups excluding carboxylic acids is 1. The smallest absolute Gasteiger partial charge is 0.352 e. The second-order valence-electron chi connectivity index (χ2n) is 4.35. The number of aromatic nitrogens is 5. The molecular formula is C12H12N6O. The number of hydrogen-bond acceptors (Lipinski definition) is 4. The molecule has 1 amide bonds. The fourth-order valence-corrected chi connectivity index (χ4v) is 1.78. The Bertz CT molecular complexity index is 708. The first-order valence-electron chi connectivity index (χ1n) is 5.75. The Labute approximate surface area is 108 Å². The van der Waals surface area contributed by atoms with E-state index in [1.54, 1.807) is 14.1 Å². The van der Waals surface area contributed by atoms with Crippen molar-refractivity contribution in [1.82, 2.24) is 30.1 Å². The second kappa shape index (κ2) is 4.20. The highest BCUT2D eigenvalue weighted by atomic mass is 16.2. The molecule has 0 aliphatic rings. The van der Waals surface area contributed by atoms with Gasteiger partial charge in [0.05, 0.1) is 5.69 Å². The number of H-pyrrole nitrogens is 1. The Hall–Kier alpha value is -2.70. The van der Waals surface area contributed by atoms with Crippen LogP contribution in [-0.4, -0.2) is 50.2 Å². The second-order valence-corrected chi connectivity index (χ2v) is 4.35. The Morgan fingerprint density at radius 1 is 1.32 bits per heavy atom. The van der Waals surface area contributed by atoms with Gasteiger partial charge < -0.3 is 9.88 Å². The first-order chi connectivity index (χ1) is 9.15. The number of para-hydroxylation sites is 1. The molecular weight excluding hydrogens is 244 g/mol. The minimum atomic E-state index is -0.338. The summed E-state index contributed by atoms with van der Waals surface area (Å²) in [7, 11) is 3.27. The van der Waals surface area contributed by atoms with Gasteiger partial charge >= 0.3 is 6.03 Å². The highest BCUT2D eigenvalue weighted by molar-refractivity contribution is 5.84. The first-order valence-corrected chi connectivity index (χ1v) is 5.75. The first kappa shape index (κ1) is 11.4. The molecule has 3 rings (SSSR count). The standard InChI is InChI=1S/C12H12N6O/c1-17(2)12(19)18-15-11(14-16-18)10-7-8-5-3-4-6-9(8)13-10/h3-7,13H,1-2H3. The normalized spacial score (nSPS) is 10.8. The van der Waals surface area contributed by atoms with Crippen molar-refractivity contribution in [3.63, 3.8) is 0 Å². The van der Waals surface area contributed by atoms with Gasteiger partial charge in [0.1, 0.15) is 0 Å². The third-order valence-corrected chi connectivity index (χ3v) is 2.74. The van der Waals surface area contributed by atoms with Gasteiger partial charge in [0.2, 0.25) is 5.82 Å². The van der Waals surface area contributed by atoms with Gasteiger partial charge in [-0.1, -0.05) is 23.0 Å². The average molecular weight is 256 g/mol. The highest BCUT2D eigenvalue weighted by Crippen LogP contribution is 2.20. The molecule has 1 aromatic carbocycles. The van der Waals surface area contributed by atoms with Crippen LogP contribution in [-0.2, 0) is 0 Å². The van der Waals surface area contributed by atoms with Crippen molar-refractivity contribution in [3.05, 3.63) is 30.3 Å². The van der Waals surface area contributed by atoms with Crippen molar-refractivity contribution >= 4 is 16.9 Å². The van der Waals surface area contributed by atoms with Crippen molar-refractivity contribution < 1.29 is 4.79 Å². The van der Waals surface area contributed by atoms with Crippen molar-refractivity contribution in [2.24, 2.45) is 0 Å². The predicted octanol–water partition coefficient (Wildman–Crippen LogP) is 1.35. The maximum absolute atomic E-state index is 11.7. The third kappa shape index (κ3) is 1.95. The van der Waals surface area contributed by atoms with E-state index in [9.17, 15) is 4.79 Å². The molecule has 0 aliphatic heterocycles. The van der Waals surface area contributed by atoms with Crippen LogP contribution in [0.15, 0.2) is 30.3 Å². The number of benzene rings is 1. The van der Waals surface area contributed by atoms with Crippen LogP contribution in [0.4, 0.5) is 4.79 Å². The number of hydrogen-bond donors (Lipinski definition) is 1. The number of amides is 1. The summed E-state index contributed by atoms with van der Waals surface area (Å²) in [6.07, 6.45) is 0. The minimum Gasteiger partial charge on any atom is -0.352 e. The zero-order valence-electron chi connectivity index (χ0n) is 10.5. The molecule has 96 valence electrons. The molecule has 0 atom stereocenters. The third-order valence-electron chi connectivity index (χ3n) is 2.74. The van der Waals surface area contributed by atoms with Crippen molar-refractivity contribution in [2.75, 3.05) is 14.1 Å². The van der Waals surface area contributed by atoms with E-state index in [1.165, 1.54) is 4.90 Å². The molecule has 2 aromatic heterocycles. The summed E-state index contributed by atoms with van der Waals surface area (Å²) < 4.78 is 0. The molecule has 0 unspecified atom stereocenters. The summed E-state index contributed by atoms with van der Waals surface area (Å²) in [4.78, 5) is 17.2. The van der Waals surface area contributed by atoms with Gasteiger partial charge in [-0.15, -0.1) is 10.2 Å². The van der Waals surface area contributed by atoms with E-state index < -0.39 is 0 Å². The molecule has 7 nitrogen and oxygen atoms in total. The summed E-state index contributed by atoms with van der Waals surface area (Å²) in [6, 6.07) is 9.45. The number of carbonyl (C=O) groups is 1. The fourth-order valence-electron chi connectivity index (χ4n) is 1.78. The van der Waals surface area contributed by atoms with Crippen LogP contribution in [0.1, 0.15) is 0 Å². The van der Waals surface area contributed by atoms with Crippen molar-refractivity contribution in [1.29, 1.82) is 0 Å². The number of nitrogens with zero attached hydrogens (tertiary/aromatic N) is 5. The quantitative estimate of drug-likeness (QED) is 0.712. The highest BCUT2D eigenvalue weighted by Gasteiger charge is 2.14. The summed E-state index contributed by atoms with van der Waals surface area (Å²) in [5, 5.41) is 12.8. The molecule has 0 saturated heterocycles. The molecule has 0 spiro atoms. The van der Waals surface area contributed by atoms with Crippen LogP contribution in [0.25, 0.3) is 22.4 Å². The topological polar surface area (TPSA) is 79.7 Å². The lowest BCUT2D eigenvalue weighted by Crippen LogP contribution is -2.29. The zero-order valence-corrected chi connectivity index (χ0v) is 10.5. The summed E-state index contributed by atoms with van der Waals surface area (Å²) in [5.74, 6) is 0.395.